The topological polar surface area (TPSA) is 71.4 Å². The SMILES string of the molecule is CCCN1CCN([C@H](CNC(=O)Nc2cc(F)cc(F)c2)c2ccc(-c3cccc(C#N)c3)cc2)[C@@H](C)C1. The molecule has 0 aromatic heterocycles. The van der Waals surface area contributed by atoms with E-state index in [1.807, 2.05) is 30.3 Å². The second-order valence-electron chi connectivity index (χ2n) is 9.71. The molecule has 1 heterocycles. The Morgan fingerprint density at radius 3 is 2.45 bits per heavy atom. The number of benzene rings is 3. The fourth-order valence-corrected chi connectivity index (χ4v) is 5.11. The smallest absolute Gasteiger partial charge is 0.319 e. The largest absolute Gasteiger partial charge is 0.336 e. The third-order valence-electron chi connectivity index (χ3n) is 6.90. The van der Waals surface area contributed by atoms with E-state index in [0.29, 0.717) is 12.1 Å². The molecule has 198 valence electrons. The lowest BCUT2D eigenvalue weighted by Gasteiger charge is -2.44. The summed E-state index contributed by atoms with van der Waals surface area (Å²) < 4.78 is 27.1. The van der Waals surface area contributed by atoms with Crippen molar-refractivity contribution in [2.75, 3.05) is 38.0 Å². The van der Waals surface area contributed by atoms with Crippen molar-refractivity contribution >= 4 is 11.7 Å². The third kappa shape index (κ3) is 6.94. The fraction of sp³-hybridized carbons (Fsp3) is 0.333. The Morgan fingerprint density at radius 2 is 1.79 bits per heavy atom. The van der Waals surface area contributed by atoms with Crippen LogP contribution in [0, 0.1) is 23.0 Å². The number of piperazine rings is 1. The van der Waals surface area contributed by atoms with Crippen LogP contribution in [-0.2, 0) is 0 Å². The van der Waals surface area contributed by atoms with Crippen molar-refractivity contribution in [1.29, 1.82) is 5.26 Å². The molecule has 1 fully saturated rings. The second-order valence-corrected chi connectivity index (χ2v) is 9.71. The zero-order valence-corrected chi connectivity index (χ0v) is 21.8. The van der Waals surface area contributed by atoms with Crippen LogP contribution < -0.4 is 10.6 Å². The number of urea groups is 1. The highest BCUT2D eigenvalue weighted by Gasteiger charge is 2.30. The standard InChI is InChI=1S/C30H33F2N5O/c1-3-11-36-12-13-37(21(2)20-36)29(19-34-30(38)35-28-16-26(31)15-27(32)17-28)24-9-7-23(8-10-24)25-6-4-5-22(14-25)18-33/h4-10,14-17,21,29H,3,11-13,19-20H2,1-2H3,(H2,34,35,38)/t21-,29+/m0/s1. The Bertz CT molecular complexity index is 1270. The Morgan fingerprint density at radius 1 is 1.05 bits per heavy atom. The maximum atomic E-state index is 13.5. The first kappa shape index (κ1) is 27.2. The van der Waals surface area contributed by atoms with Crippen LogP contribution in [0.5, 0.6) is 0 Å². The van der Waals surface area contributed by atoms with Crippen LogP contribution in [0.15, 0.2) is 66.7 Å². The molecule has 2 amide bonds. The van der Waals surface area contributed by atoms with Gasteiger partial charge in [-0.15, -0.1) is 0 Å². The zero-order chi connectivity index (χ0) is 27.1. The molecule has 3 aromatic rings. The molecule has 1 aliphatic heterocycles. The molecule has 1 saturated heterocycles. The number of amides is 2. The van der Waals surface area contributed by atoms with Gasteiger partial charge in [0, 0.05) is 44.0 Å². The van der Waals surface area contributed by atoms with Crippen LogP contribution in [0.4, 0.5) is 19.3 Å². The monoisotopic (exact) mass is 517 g/mol. The highest BCUT2D eigenvalue weighted by molar-refractivity contribution is 5.89. The number of anilines is 1. The van der Waals surface area contributed by atoms with Gasteiger partial charge >= 0.3 is 6.03 Å². The lowest BCUT2D eigenvalue weighted by atomic mass is 9.97. The number of nitrogens with zero attached hydrogens (tertiary/aromatic N) is 3. The lowest BCUT2D eigenvalue weighted by molar-refractivity contribution is 0.0490. The molecule has 2 atom stereocenters. The summed E-state index contributed by atoms with van der Waals surface area (Å²) in [6.07, 6.45) is 1.10. The van der Waals surface area contributed by atoms with Crippen LogP contribution in [0.25, 0.3) is 11.1 Å². The quantitative estimate of drug-likeness (QED) is 0.397. The van der Waals surface area contributed by atoms with E-state index in [4.69, 9.17) is 0 Å². The lowest BCUT2D eigenvalue weighted by Crippen LogP contribution is -2.54. The van der Waals surface area contributed by atoms with E-state index in [0.717, 1.165) is 67.5 Å². The molecular formula is C30H33F2N5O. The van der Waals surface area contributed by atoms with Crippen molar-refractivity contribution in [3.05, 3.63) is 89.5 Å². The molecule has 38 heavy (non-hydrogen) atoms. The summed E-state index contributed by atoms with van der Waals surface area (Å²) in [5.74, 6) is -1.50. The van der Waals surface area contributed by atoms with Gasteiger partial charge < -0.3 is 15.5 Å². The van der Waals surface area contributed by atoms with Crippen LogP contribution >= 0.6 is 0 Å². The number of hydrogen-bond acceptors (Lipinski definition) is 4. The van der Waals surface area contributed by atoms with Gasteiger partial charge in [0.05, 0.1) is 17.7 Å². The molecule has 6 nitrogen and oxygen atoms in total. The minimum absolute atomic E-state index is 0.0575. The zero-order valence-electron chi connectivity index (χ0n) is 21.8. The minimum atomic E-state index is -0.752. The summed E-state index contributed by atoms with van der Waals surface area (Å²) >= 11 is 0. The van der Waals surface area contributed by atoms with Gasteiger partial charge in [-0.2, -0.15) is 5.26 Å². The summed E-state index contributed by atoms with van der Waals surface area (Å²) in [4.78, 5) is 17.5. The van der Waals surface area contributed by atoms with E-state index in [9.17, 15) is 18.8 Å². The molecule has 0 saturated carbocycles. The van der Waals surface area contributed by atoms with Crippen molar-refractivity contribution in [2.24, 2.45) is 0 Å². The number of carbonyl (C=O) groups is 1. The van der Waals surface area contributed by atoms with Crippen molar-refractivity contribution in [1.82, 2.24) is 15.1 Å². The van der Waals surface area contributed by atoms with E-state index in [2.05, 4.69) is 52.5 Å². The fourth-order valence-electron chi connectivity index (χ4n) is 5.11. The summed E-state index contributed by atoms with van der Waals surface area (Å²) in [6.45, 7) is 8.51. The van der Waals surface area contributed by atoms with Gasteiger partial charge in [0.25, 0.3) is 0 Å². The van der Waals surface area contributed by atoms with E-state index in [-0.39, 0.29) is 17.8 Å². The van der Waals surface area contributed by atoms with Crippen molar-refractivity contribution < 1.29 is 13.6 Å². The highest BCUT2D eigenvalue weighted by Crippen LogP contribution is 2.28. The predicted molar refractivity (Wildman–Crippen MR) is 146 cm³/mol. The minimum Gasteiger partial charge on any atom is -0.336 e. The second kappa shape index (κ2) is 12.6. The van der Waals surface area contributed by atoms with Crippen molar-refractivity contribution in [2.45, 2.75) is 32.4 Å². The van der Waals surface area contributed by atoms with Gasteiger partial charge in [-0.05, 0) is 60.8 Å². The van der Waals surface area contributed by atoms with E-state index < -0.39 is 17.7 Å². The van der Waals surface area contributed by atoms with Gasteiger partial charge in [-0.3, -0.25) is 4.90 Å². The van der Waals surface area contributed by atoms with Gasteiger partial charge in [0.1, 0.15) is 11.6 Å². The molecule has 0 unspecified atom stereocenters. The Labute approximate surface area is 222 Å². The number of halogens is 2. The van der Waals surface area contributed by atoms with E-state index in [1.54, 1.807) is 6.07 Å². The van der Waals surface area contributed by atoms with Crippen LogP contribution in [-0.4, -0.2) is 54.6 Å². The van der Waals surface area contributed by atoms with Gasteiger partial charge in [0.15, 0.2) is 0 Å². The summed E-state index contributed by atoms with van der Waals surface area (Å²) in [6, 6.07) is 20.4. The average molecular weight is 518 g/mol. The summed E-state index contributed by atoms with van der Waals surface area (Å²) in [5.41, 5.74) is 3.69. The van der Waals surface area contributed by atoms with Gasteiger partial charge in [-0.1, -0.05) is 43.3 Å². The number of nitriles is 1. The number of hydrogen-bond donors (Lipinski definition) is 2. The van der Waals surface area contributed by atoms with Crippen molar-refractivity contribution in [3.8, 4) is 17.2 Å². The molecule has 1 aliphatic rings. The normalized spacial score (nSPS) is 17.0. The Balaban J connectivity index is 1.52. The van der Waals surface area contributed by atoms with Crippen LogP contribution in [0.3, 0.4) is 0 Å². The van der Waals surface area contributed by atoms with Gasteiger partial charge in [-0.25, -0.2) is 13.6 Å². The first-order valence-corrected chi connectivity index (χ1v) is 13.0. The molecule has 4 rings (SSSR count). The van der Waals surface area contributed by atoms with Crippen LogP contribution in [0.1, 0.15) is 37.4 Å². The predicted octanol–water partition coefficient (Wildman–Crippen LogP) is 5.78. The average Bonchev–Trinajstić information content (AvgIpc) is 2.90. The van der Waals surface area contributed by atoms with Crippen LogP contribution in [0.2, 0.25) is 0 Å². The first-order chi connectivity index (χ1) is 18.4. The van der Waals surface area contributed by atoms with E-state index >= 15 is 0 Å². The van der Waals surface area contributed by atoms with Crippen molar-refractivity contribution in [3.63, 3.8) is 0 Å². The molecule has 0 aliphatic carbocycles. The highest BCUT2D eigenvalue weighted by atomic mass is 19.1. The maximum absolute atomic E-state index is 13.5. The maximum Gasteiger partial charge on any atom is 0.319 e. The van der Waals surface area contributed by atoms with E-state index in [1.165, 1.54) is 0 Å². The molecule has 2 N–H and O–H groups in total. The molecular weight excluding hydrogens is 484 g/mol. The molecule has 0 radical (unpaired) electrons. The third-order valence-corrected chi connectivity index (χ3v) is 6.90. The first-order valence-electron chi connectivity index (χ1n) is 13.0. The van der Waals surface area contributed by atoms with Gasteiger partial charge in [0.2, 0.25) is 0 Å². The molecule has 0 spiro atoms. The molecule has 3 aromatic carbocycles. The Hall–Kier alpha value is -3.80. The summed E-state index contributed by atoms with van der Waals surface area (Å²) in [5, 5.41) is 14.7. The molecule has 0 bridgehead atoms. The molecule has 8 heteroatoms. The Kier molecular flexibility index (Phi) is 9.06. The summed E-state index contributed by atoms with van der Waals surface area (Å²) in [7, 11) is 0. The number of nitrogens with one attached hydrogen (secondary N) is 2. The number of rotatable bonds is 8. The number of carbonyl (C=O) groups excluding carboxylic acids is 1.